The van der Waals surface area contributed by atoms with Crippen molar-refractivity contribution >= 4 is 41.0 Å². The van der Waals surface area contributed by atoms with Crippen LogP contribution in [0.4, 0.5) is 0 Å². The molecular formula is C15H12Cl2N2S. The van der Waals surface area contributed by atoms with E-state index in [9.17, 15) is 0 Å². The van der Waals surface area contributed by atoms with Gasteiger partial charge in [0.1, 0.15) is 5.37 Å². The highest BCUT2D eigenvalue weighted by atomic mass is 35.5. The molecule has 3 rings (SSSR count). The summed E-state index contributed by atoms with van der Waals surface area (Å²) < 4.78 is 0. The van der Waals surface area contributed by atoms with E-state index in [-0.39, 0.29) is 5.37 Å². The van der Waals surface area contributed by atoms with Crippen LogP contribution < -0.4 is 10.9 Å². The molecule has 1 aliphatic rings. The van der Waals surface area contributed by atoms with Gasteiger partial charge in [-0.1, -0.05) is 71.4 Å². The molecule has 1 heterocycles. The van der Waals surface area contributed by atoms with E-state index in [0.29, 0.717) is 10.0 Å². The monoisotopic (exact) mass is 322 g/mol. The number of hydrazine groups is 1. The van der Waals surface area contributed by atoms with Crippen LogP contribution in [0.5, 0.6) is 0 Å². The third-order valence-electron chi connectivity index (χ3n) is 2.91. The van der Waals surface area contributed by atoms with E-state index in [1.54, 1.807) is 17.8 Å². The van der Waals surface area contributed by atoms with Crippen molar-refractivity contribution in [3.8, 4) is 0 Å². The van der Waals surface area contributed by atoms with Crippen molar-refractivity contribution in [1.29, 1.82) is 0 Å². The molecule has 20 heavy (non-hydrogen) atoms. The molecule has 0 spiro atoms. The normalized spacial score (nSPS) is 20.1. The number of hydrogen-bond acceptors (Lipinski definition) is 3. The smallest absolute Gasteiger partial charge is 0.104 e. The first kappa shape index (κ1) is 13.8. The second-order valence-electron chi connectivity index (χ2n) is 4.35. The van der Waals surface area contributed by atoms with Gasteiger partial charge in [-0.05, 0) is 29.3 Å². The minimum atomic E-state index is 0.0785. The predicted octanol–water partition coefficient (Wildman–Crippen LogP) is 4.83. The van der Waals surface area contributed by atoms with E-state index in [1.165, 1.54) is 0 Å². The van der Waals surface area contributed by atoms with Crippen molar-refractivity contribution in [3.05, 3.63) is 74.7 Å². The molecule has 2 N–H and O–H groups in total. The largest absolute Gasteiger partial charge is 0.314 e. The fourth-order valence-electron chi connectivity index (χ4n) is 1.95. The van der Waals surface area contributed by atoms with Crippen LogP contribution in [-0.2, 0) is 0 Å². The fraction of sp³-hybridized carbons (Fsp3) is 0.0667. The summed E-state index contributed by atoms with van der Waals surface area (Å²) in [5.41, 5.74) is 8.58. The molecule has 2 aromatic rings. The second kappa shape index (κ2) is 6.10. The zero-order chi connectivity index (χ0) is 13.9. The molecule has 0 bridgehead atoms. The highest BCUT2D eigenvalue weighted by molar-refractivity contribution is 8.03. The summed E-state index contributed by atoms with van der Waals surface area (Å²) in [6.07, 6.45) is 2.10. The van der Waals surface area contributed by atoms with Crippen LogP contribution in [-0.4, -0.2) is 0 Å². The maximum absolute atomic E-state index is 6.23. The maximum atomic E-state index is 6.23. The van der Waals surface area contributed by atoms with Gasteiger partial charge < -0.3 is 5.43 Å². The van der Waals surface area contributed by atoms with Gasteiger partial charge in [0.15, 0.2) is 0 Å². The number of rotatable bonds is 2. The average Bonchev–Trinajstić information content (AvgIpc) is 2.88. The van der Waals surface area contributed by atoms with Crippen molar-refractivity contribution in [2.45, 2.75) is 5.37 Å². The molecule has 0 radical (unpaired) electrons. The number of halogens is 2. The zero-order valence-corrected chi connectivity index (χ0v) is 12.8. The van der Waals surface area contributed by atoms with Crippen LogP contribution in [0, 0.1) is 0 Å². The van der Waals surface area contributed by atoms with Crippen LogP contribution in [0.25, 0.3) is 6.08 Å². The van der Waals surface area contributed by atoms with Gasteiger partial charge in [0.05, 0.1) is 5.03 Å². The summed E-state index contributed by atoms with van der Waals surface area (Å²) in [4.78, 5) is 0. The molecule has 5 heteroatoms. The first-order chi connectivity index (χ1) is 9.72. The fourth-order valence-corrected chi connectivity index (χ4v) is 3.56. The van der Waals surface area contributed by atoms with Gasteiger partial charge in [-0.2, -0.15) is 0 Å². The third-order valence-corrected chi connectivity index (χ3v) is 4.56. The Morgan fingerprint density at radius 1 is 1.05 bits per heavy atom. The van der Waals surface area contributed by atoms with Crippen molar-refractivity contribution < 1.29 is 0 Å². The summed E-state index contributed by atoms with van der Waals surface area (Å²) in [7, 11) is 0. The van der Waals surface area contributed by atoms with Gasteiger partial charge in [0.25, 0.3) is 0 Å². The lowest BCUT2D eigenvalue weighted by Crippen LogP contribution is -2.23. The Hall–Kier alpha value is -1.13. The van der Waals surface area contributed by atoms with E-state index < -0.39 is 0 Å². The summed E-state index contributed by atoms with van der Waals surface area (Å²) in [6, 6.07) is 15.7. The SMILES string of the molecule is Clc1ccc([C@@H]2NN/C(=C\c3ccccc3)S2)c(Cl)c1. The molecule has 2 aromatic carbocycles. The molecule has 2 nitrogen and oxygen atoms in total. The van der Waals surface area contributed by atoms with Gasteiger partial charge in [0.2, 0.25) is 0 Å². The van der Waals surface area contributed by atoms with E-state index >= 15 is 0 Å². The maximum Gasteiger partial charge on any atom is 0.104 e. The van der Waals surface area contributed by atoms with Gasteiger partial charge in [-0.25, -0.2) is 5.43 Å². The Morgan fingerprint density at radius 2 is 1.85 bits per heavy atom. The topological polar surface area (TPSA) is 24.1 Å². The molecule has 0 aromatic heterocycles. The van der Waals surface area contributed by atoms with E-state index in [2.05, 4.69) is 29.1 Å². The summed E-state index contributed by atoms with van der Waals surface area (Å²) >= 11 is 13.8. The molecule has 0 amide bonds. The Labute approximate surface area is 132 Å². The molecule has 1 fully saturated rings. The molecule has 102 valence electrons. The Bertz CT molecular complexity index is 644. The first-order valence-electron chi connectivity index (χ1n) is 6.12. The van der Waals surface area contributed by atoms with Gasteiger partial charge >= 0.3 is 0 Å². The standard InChI is InChI=1S/C15H12Cl2N2S/c16-11-6-7-12(13(17)9-11)15-19-18-14(20-15)8-10-4-2-1-3-5-10/h1-9,15,18-19H/b14-8+/t15-/m1/s1. The van der Waals surface area contributed by atoms with Crippen LogP contribution >= 0.6 is 35.0 Å². The lowest BCUT2D eigenvalue weighted by atomic mass is 10.2. The molecule has 1 atom stereocenters. The van der Waals surface area contributed by atoms with Crippen LogP contribution in [0.1, 0.15) is 16.5 Å². The highest BCUT2D eigenvalue weighted by Gasteiger charge is 2.22. The average molecular weight is 323 g/mol. The predicted molar refractivity (Wildman–Crippen MR) is 87.5 cm³/mol. The molecule has 1 saturated heterocycles. The van der Waals surface area contributed by atoms with Crippen molar-refractivity contribution in [2.75, 3.05) is 0 Å². The van der Waals surface area contributed by atoms with Crippen molar-refractivity contribution in [3.63, 3.8) is 0 Å². The minimum absolute atomic E-state index is 0.0785. The van der Waals surface area contributed by atoms with Gasteiger partial charge in [0, 0.05) is 10.0 Å². The molecule has 0 aliphatic carbocycles. The van der Waals surface area contributed by atoms with Gasteiger partial charge in [-0.15, -0.1) is 0 Å². The Kier molecular flexibility index (Phi) is 4.22. The molecule has 1 aliphatic heterocycles. The number of nitrogens with one attached hydrogen (secondary N) is 2. The quantitative estimate of drug-likeness (QED) is 0.827. The lowest BCUT2D eigenvalue weighted by molar-refractivity contribution is 0.637. The Morgan fingerprint density at radius 3 is 2.60 bits per heavy atom. The van der Waals surface area contributed by atoms with E-state index in [1.807, 2.05) is 30.3 Å². The van der Waals surface area contributed by atoms with Crippen LogP contribution in [0.2, 0.25) is 10.0 Å². The molecule has 0 saturated carbocycles. The highest BCUT2D eigenvalue weighted by Crippen LogP contribution is 2.39. The number of thioether (sulfide) groups is 1. The summed E-state index contributed by atoms with van der Waals surface area (Å²) in [5, 5.41) is 2.46. The number of benzene rings is 2. The van der Waals surface area contributed by atoms with Crippen molar-refractivity contribution in [1.82, 2.24) is 10.9 Å². The van der Waals surface area contributed by atoms with Crippen LogP contribution in [0.3, 0.4) is 0 Å². The first-order valence-corrected chi connectivity index (χ1v) is 7.76. The lowest BCUT2D eigenvalue weighted by Gasteiger charge is -2.10. The van der Waals surface area contributed by atoms with Crippen LogP contribution in [0.15, 0.2) is 53.6 Å². The van der Waals surface area contributed by atoms with Gasteiger partial charge in [-0.3, -0.25) is 0 Å². The third kappa shape index (κ3) is 3.13. The van der Waals surface area contributed by atoms with Crippen molar-refractivity contribution in [2.24, 2.45) is 0 Å². The molecule has 0 unspecified atom stereocenters. The second-order valence-corrected chi connectivity index (χ2v) is 6.34. The summed E-state index contributed by atoms with van der Waals surface area (Å²) in [5.74, 6) is 0. The van der Waals surface area contributed by atoms with E-state index in [0.717, 1.165) is 16.2 Å². The molecular weight excluding hydrogens is 311 g/mol. The number of hydrogen-bond donors (Lipinski definition) is 2. The van der Waals surface area contributed by atoms with E-state index in [4.69, 9.17) is 23.2 Å². The summed E-state index contributed by atoms with van der Waals surface area (Å²) in [6.45, 7) is 0. The minimum Gasteiger partial charge on any atom is -0.314 e. The zero-order valence-electron chi connectivity index (χ0n) is 10.4. The Balaban J connectivity index is 1.78.